The number of carboxylic acid groups (broad SMARTS) is 1. The van der Waals surface area contributed by atoms with Gasteiger partial charge in [0.05, 0.1) is 29.6 Å². The van der Waals surface area contributed by atoms with E-state index in [2.05, 4.69) is 15.2 Å². The molecule has 0 aliphatic heterocycles. The first kappa shape index (κ1) is 18.0. The molecule has 0 saturated heterocycles. The van der Waals surface area contributed by atoms with Crippen molar-refractivity contribution in [3.05, 3.63) is 30.6 Å². The molecule has 0 radical (unpaired) electrons. The molecule has 0 unspecified atom stereocenters. The minimum Gasteiger partial charge on any atom is -0.492 e. The Labute approximate surface area is 142 Å². The van der Waals surface area contributed by atoms with Gasteiger partial charge in [-0.05, 0) is 44.9 Å². The van der Waals surface area contributed by atoms with Gasteiger partial charge < -0.3 is 9.84 Å². The third-order valence-electron chi connectivity index (χ3n) is 4.06. The number of pyridine rings is 1. The summed E-state index contributed by atoms with van der Waals surface area (Å²) in [5.74, 6) is 0.0298. The average Bonchev–Trinajstić information content (AvgIpc) is 3.09. The predicted molar refractivity (Wildman–Crippen MR) is 91.8 cm³/mol. The maximum atomic E-state index is 11.0. The molecule has 0 aromatic carbocycles. The lowest BCUT2D eigenvalue weighted by atomic mass is 9.87. The topological polar surface area (TPSA) is 88.1 Å². The first-order valence-electron chi connectivity index (χ1n) is 8.31. The summed E-state index contributed by atoms with van der Waals surface area (Å²) in [7, 11) is 0. The van der Waals surface area contributed by atoms with Gasteiger partial charge in [0.25, 0.3) is 0 Å². The maximum Gasteiger partial charge on any atom is 0.309 e. The lowest BCUT2D eigenvalue weighted by Crippen LogP contribution is -2.23. The third kappa shape index (κ3) is 5.37. The molecule has 2 heterocycles. The molecule has 2 aromatic heterocycles. The number of aromatic amines is 1. The van der Waals surface area contributed by atoms with E-state index in [0.29, 0.717) is 13.0 Å². The van der Waals surface area contributed by atoms with Crippen LogP contribution in [0.1, 0.15) is 46.0 Å². The highest BCUT2D eigenvalue weighted by molar-refractivity contribution is 5.73. The van der Waals surface area contributed by atoms with Crippen molar-refractivity contribution < 1.29 is 14.6 Å². The number of H-pyrrole nitrogens is 1. The molecule has 0 fully saturated rings. The zero-order valence-corrected chi connectivity index (χ0v) is 14.3. The number of nitrogens with zero attached hydrogens (tertiary/aromatic N) is 2. The number of carboxylic acids is 1. The molecule has 2 aromatic rings. The van der Waals surface area contributed by atoms with E-state index in [4.69, 9.17) is 9.84 Å². The molecule has 0 amide bonds. The number of ether oxygens (including phenoxy) is 1. The minimum atomic E-state index is -0.725. The van der Waals surface area contributed by atoms with Crippen LogP contribution in [0.15, 0.2) is 30.6 Å². The zero-order valence-electron chi connectivity index (χ0n) is 14.3. The summed E-state index contributed by atoms with van der Waals surface area (Å²) >= 11 is 0. The maximum absolute atomic E-state index is 11.0. The lowest BCUT2D eigenvalue weighted by molar-refractivity contribution is -0.147. The second kappa shape index (κ2) is 8.47. The summed E-state index contributed by atoms with van der Waals surface area (Å²) in [6, 6.07) is 5.67. The smallest absolute Gasteiger partial charge is 0.309 e. The van der Waals surface area contributed by atoms with Crippen LogP contribution in [0, 0.1) is 5.41 Å². The number of aromatic nitrogens is 3. The van der Waals surface area contributed by atoms with Gasteiger partial charge in [0.2, 0.25) is 0 Å². The first-order chi connectivity index (χ1) is 11.5. The molecular weight excluding hydrogens is 306 g/mol. The fourth-order valence-electron chi connectivity index (χ4n) is 2.34. The lowest BCUT2D eigenvalue weighted by Gasteiger charge is -2.18. The van der Waals surface area contributed by atoms with Crippen LogP contribution < -0.4 is 4.74 Å². The van der Waals surface area contributed by atoms with Gasteiger partial charge in [-0.3, -0.25) is 14.9 Å². The fraction of sp³-hybridized carbons (Fsp3) is 0.500. The Morgan fingerprint density at radius 1 is 1.21 bits per heavy atom. The van der Waals surface area contributed by atoms with E-state index in [-0.39, 0.29) is 0 Å². The largest absolute Gasteiger partial charge is 0.492 e. The van der Waals surface area contributed by atoms with Crippen LogP contribution in [0.25, 0.3) is 11.4 Å². The summed E-state index contributed by atoms with van der Waals surface area (Å²) in [6.07, 6.45) is 8.06. The molecule has 6 heteroatoms. The second-order valence-corrected chi connectivity index (χ2v) is 6.55. The van der Waals surface area contributed by atoms with E-state index in [1.165, 1.54) is 0 Å². The van der Waals surface area contributed by atoms with E-state index >= 15 is 0 Å². The first-order valence-corrected chi connectivity index (χ1v) is 8.31. The zero-order chi connectivity index (χ0) is 17.4. The van der Waals surface area contributed by atoms with Crippen LogP contribution >= 0.6 is 0 Å². The summed E-state index contributed by atoms with van der Waals surface area (Å²) in [5, 5.41) is 15.8. The predicted octanol–water partition coefficient (Wildman–Crippen LogP) is 3.91. The standard InChI is InChI=1S/C18H25N3O3/c1-18(2,17(22)23)10-5-3-4-6-12-24-14-7-8-15(19-13-14)16-9-11-20-21-16/h7-9,11,13H,3-6,10,12H2,1-2H3,(H,20,21)(H,22,23). The van der Waals surface area contributed by atoms with Gasteiger partial charge in [-0.2, -0.15) is 5.10 Å². The van der Waals surface area contributed by atoms with Gasteiger partial charge in [0.15, 0.2) is 0 Å². The molecule has 2 N–H and O–H groups in total. The number of carbonyl (C=O) groups is 1. The highest BCUT2D eigenvalue weighted by Gasteiger charge is 2.25. The fourth-order valence-corrected chi connectivity index (χ4v) is 2.34. The normalized spacial score (nSPS) is 11.4. The van der Waals surface area contributed by atoms with Crippen molar-refractivity contribution in [2.24, 2.45) is 5.41 Å². The van der Waals surface area contributed by atoms with Crippen LogP contribution in [-0.2, 0) is 4.79 Å². The Morgan fingerprint density at radius 3 is 2.62 bits per heavy atom. The molecule has 0 aliphatic carbocycles. The minimum absolute atomic E-state index is 0.626. The van der Waals surface area contributed by atoms with E-state index in [1.807, 2.05) is 18.2 Å². The van der Waals surface area contributed by atoms with Crippen molar-refractivity contribution in [2.75, 3.05) is 6.61 Å². The highest BCUT2D eigenvalue weighted by Crippen LogP contribution is 2.24. The van der Waals surface area contributed by atoms with Crippen LogP contribution in [0.4, 0.5) is 0 Å². The summed E-state index contributed by atoms with van der Waals surface area (Å²) in [6.45, 7) is 4.20. The van der Waals surface area contributed by atoms with E-state index < -0.39 is 11.4 Å². The number of nitrogens with one attached hydrogen (secondary N) is 1. The Bertz CT molecular complexity index is 621. The van der Waals surface area contributed by atoms with Crippen molar-refractivity contribution in [3.63, 3.8) is 0 Å². The molecule has 130 valence electrons. The number of hydrogen-bond donors (Lipinski definition) is 2. The summed E-state index contributed by atoms with van der Waals surface area (Å²) in [5.41, 5.74) is 1.09. The van der Waals surface area contributed by atoms with Crippen molar-refractivity contribution in [2.45, 2.75) is 46.0 Å². The van der Waals surface area contributed by atoms with Gasteiger partial charge in [-0.15, -0.1) is 0 Å². The molecule has 2 rings (SSSR count). The molecule has 0 atom stereocenters. The van der Waals surface area contributed by atoms with Crippen molar-refractivity contribution >= 4 is 5.97 Å². The van der Waals surface area contributed by atoms with Gasteiger partial charge in [0, 0.05) is 6.20 Å². The van der Waals surface area contributed by atoms with E-state index in [0.717, 1.165) is 42.8 Å². The van der Waals surface area contributed by atoms with Crippen molar-refractivity contribution in [3.8, 4) is 17.1 Å². The summed E-state index contributed by atoms with van der Waals surface area (Å²) < 4.78 is 5.68. The molecule has 0 aliphatic rings. The van der Waals surface area contributed by atoms with Crippen LogP contribution in [0.3, 0.4) is 0 Å². The van der Waals surface area contributed by atoms with Gasteiger partial charge in [-0.1, -0.05) is 19.3 Å². The van der Waals surface area contributed by atoms with Crippen LogP contribution in [0.2, 0.25) is 0 Å². The quantitative estimate of drug-likeness (QED) is 0.644. The number of rotatable bonds is 10. The van der Waals surface area contributed by atoms with Gasteiger partial charge in [-0.25, -0.2) is 0 Å². The van der Waals surface area contributed by atoms with Crippen molar-refractivity contribution in [1.29, 1.82) is 0 Å². The Kier molecular flexibility index (Phi) is 6.35. The monoisotopic (exact) mass is 331 g/mol. The second-order valence-electron chi connectivity index (χ2n) is 6.55. The highest BCUT2D eigenvalue weighted by atomic mass is 16.5. The average molecular weight is 331 g/mol. The van der Waals surface area contributed by atoms with Crippen molar-refractivity contribution in [1.82, 2.24) is 15.2 Å². The molecule has 0 bridgehead atoms. The number of hydrogen-bond acceptors (Lipinski definition) is 4. The number of aliphatic carboxylic acids is 1. The molecule has 24 heavy (non-hydrogen) atoms. The van der Waals surface area contributed by atoms with Gasteiger partial charge in [0.1, 0.15) is 5.75 Å². The third-order valence-corrected chi connectivity index (χ3v) is 4.06. The Morgan fingerprint density at radius 2 is 2.00 bits per heavy atom. The van der Waals surface area contributed by atoms with Crippen LogP contribution in [-0.4, -0.2) is 32.9 Å². The number of unbranched alkanes of at least 4 members (excludes halogenated alkanes) is 3. The van der Waals surface area contributed by atoms with E-state index in [1.54, 1.807) is 26.2 Å². The molecule has 6 nitrogen and oxygen atoms in total. The Hall–Kier alpha value is -2.37. The van der Waals surface area contributed by atoms with E-state index in [9.17, 15) is 4.79 Å². The molecule has 0 saturated carbocycles. The summed E-state index contributed by atoms with van der Waals surface area (Å²) in [4.78, 5) is 15.4. The molecule has 0 spiro atoms. The SMILES string of the molecule is CC(C)(CCCCCCOc1ccc(-c2ccn[nH]2)nc1)C(=O)O. The van der Waals surface area contributed by atoms with Gasteiger partial charge >= 0.3 is 5.97 Å². The van der Waals surface area contributed by atoms with Crippen LogP contribution in [0.5, 0.6) is 5.75 Å². The molecular formula is C18H25N3O3. The Balaban J connectivity index is 1.60.